The van der Waals surface area contributed by atoms with Crippen LogP contribution in [0.3, 0.4) is 0 Å². The van der Waals surface area contributed by atoms with Crippen molar-refractivity contribution in [3.63, 3.8) is 0 Å². The van der Waals surface area contributed by atoms with Crippen LogP contribution >= 0.6 is 0 Å². The van der Waals surface area contributed by atoms with E-state index in [4.69, 9.17) is 10.2 Å². The third-order valence-electron chi connectivity index (χ3n) is 9.84. The van der Waals surface area contributed by atoms with E-state index in [1.807, 2.05) is 0 Å². The van der Waals surface area contributed by atoms with Gasteiger partial charge in [0.25, 0.3) is 0 Å². The fraction of sp³-hybridized carbons (Fsp3) is 0.850. The van der Waals surface area contributed by atoms with Crippen LogP contribution in [-0.4, -0.2) is 36.4 Å². The summed E-state index contributed by atoms with van der Waals surface area (Å²) in [6.45, 7) is 2.24. The molecule has 0 aromatic carbocycles. The van der Waals surface area contributed by atoms with Crippen LogP contribution in [0.1, 0.15) is 186 Å². The lowest BCUT2D eigenvalue weighted by molar-refractivity contribution is -0.132. The quantitative estimate of drug-likeness (QED) is 0.0387. The van der Waals surface area contributed by atoms with Gasteiger partial charge in [-0.1, -0.05) is 185 Å². The van der Waals surface area contributed by atoms with Gasteiger partial charge in [-0.2, -0.15) is 13.2 Å². The van der Waals surface area contributed by atoms with Gasteiger partial charge in [-0.3, -0.25) is 0 Å². The van der Waals surface area contributed by atoms with Gasteiger partial charge in [-0.05, 0) is 31.7 Å². The molecule has 0 aromatic rings. The van der Waals surface area contributed by atoms with Crippen molar-refractivity contribution in [2.45, 2.75) is 217 Å². The highest BCUT2D eigenvalue weighted by Gasteiger charge is 2.34. The minimum absolute atomic E-state index is 0.403. The second-order valence-corrected chi connectivity index (χ2v) is 19.8. The lowest BCUT2D eigenvalue weighted by Crippen LogP contribution is -2.31. The first-order chi connectivity index (χ1) is 23.0. The molecule has 8 heteroatoms. The summed E-state index contributed by atoms with van der Waals surface area (Å²) < 4.78 is 39.3. The minimum Gasteiger partial charge on any atom is -0.478 e. The zero-order valence-corrected chi connectivity index (χ0v) is 31.8. The van der Waals surface area contributed by atoms with E-state index in [1.54, 1.807) is 12.2 Å². The van der Waals surface area contributed by atoms with Crippen LogP contribution in [0.15, 0.2) is 24.3 Å². The Morgan fingerprint density at radius 2 is 0.708 bits per heavy atom. The Kier molecular flexibility index (Phi) is 31.6. The predicted molar refractivity (Wildman–Crippen MR) is 200 cm³/mol. The number of carboxylic acid groups (broad SMARTS) is 2. The van der Waals surface area contributed by atoms with Gasteiger partial charge < -0.3 is 10.2 Å². The van der Waals surface area contributed by atoms with Crippen molar-refractivity contribution in [2.24, 2.45) is 0 Å². The monoisotopic (exact) mass is 703 g/mol. The molecule has 0 heterocycles. The zero-order chi connectivity index (χ0) is 35.6. The lowest BCUT2D eigenvalue weighted by Gasteiger charge is -2.28. The number of carbonyl (C=O) groups is 2. The lowest BCUT2D eigenvalue weighted by atomic mass is 10.0. The molecule has 0 saturated carbocycles. The van der Waals surface area contributed by atoms with Crippen molar-refractivity contribution >= 4 is 20.0 Å². The normalized spacial score (nSPS) is 12.5. The van der Waals surface area contributed by atoms with E-state index in [1.165, 1.54) is 153 Å². The minimum atomic E-state index is -4.03. The van der Waals surface area contributed by atoms with Gasteiger partial charge in [-0.15, -0.1) is 0 Å². The van der Waals surface area contributed by atoms with Crippen molar-refractivity contribution in [1.29, 1.82) is 0 Å². The summed E-state index contributed by atoms with van der Waals surface area (Å²) in [5.74, 6) is -1.74. The molecular weight excluding hydrogens is 630 g/mol. The maximum Gasteiger partial charge on any atom is 0.388 e. The van der Waals surface area contributed by atoms with Gasteiger partial charge in [0, 0.05) is 18.6 Å². The molecule has 282 valence electrons. The first-order valence-corrected chi connectivity index (χ1v) is 23.0. The highest BCUT2D eigenvalue weighted by atomic mass is 28.3. The summed E-state index contributed by atoms with van der Waals surface area (Å²) in [6, 6.07) is 2.52. The molecule has 0 aliphatic rings. The maximum atomic E-state index is 13.1. The van der Waals surface area contributed by atoms with E-state index in [9.17, 15) is 22.8 Å². The average molecular weight is 703 g/mol. The summed E-state index contributed by atoms with van der Waals surface area (Å²) in [5, 5.41) is 17.1. The van der Waals surface area contributed by atoms with Gasteiger partial charge in [-0.25, -0.2) is 9.59 Å². The number of rotatable bonds is 36. The fourth-order valence-corrected chi connectivity index (χ4v) is 10.5. The standard InChI is InChI=1S/C40H73F3O4Si/c1-48(37-34-40(41,42)43,35-30-26-22-18-14-10-6-2-4-8-12-16-20-24-28-32-38(44)45)36-31-27-23-19-15-11-7-3-5-9-13-17-21-25-29-33-39(46)47/h28-29,32-33H,2-27,30-31,34-37H2,1H3,(H,44,45)(H,46,47)/b32-28+,33-29+. The number of allylic oxidation sites excluding steroid dienone is 2. The van der Waals surface area contributed by atoms with Crippen molar-refractivity contribution in [3.8, 4) is 0 Å². The Morgan fingerprint density at radius 1 is 0.458 bits per heavy atom. The number of unbranched alkanes of at least 4 members (excludes halogenated alkanes) is 26. The average Bonchev–Trinajstić information content (AvgIpc) is 3.02. The van der Waals surface area contributed by atoms with Crippen LogP contribution in [0.2, 0.25) is 24.7 Å². The number of aliphatic carboxylic acids is 2. The van der Waals surface area contributed by atoms with Crippen molar-refractivity contribution in [3.05, 3.63) is 24.3 Å². The van der Waals surface area contributed by atoms with Crippen molar-refractivity contribution < 1.29 is 33.0 Å². The molecular formula is C40H73F3O4Si. The number of hydrogen-bond donors (Lipinski definition) is 2. The number of halogens is 3. The number of hydrogen-bond acceptors (Lipinski definition) is 2. The second-order valence-electron chi connectivity index (χ2n) is 14.7. The Bertz CT molecular complexity index is 759. The van der Waals surface area contributed by atoms with Gasteiger partial charge in [0.05, 0.1) is 8.07 Å². The Labute approximate surface area is 293 Å². The van der Waals surface area contributed by atoms with Crippen LogP contribution in [-0.2, 0) is 9.59 Å². The first kappa shape index (κ1) is 46.4. The molecule has 2 N–H and O–H groups in total. The van der Waals surface area contributed by atoms with Gasteiger partial charge in [0.1, 0.15) is 0 Å². The Balaban J connectivity index is 3.80. The molecule has 0 amide bonds. The van der Waals surface area contributed by atoms with Crippen LogP contribution in [0.25, 0.3) is 0 Å². The van der Waals surface area contributed by atoms with Gasteiger partial charge in [0.15, 0.2) is 0 Å². The maximum absolute atomic E-state index is 13.1. The largest absolute Gasteiger partial charge is 0.478 e. The van der Waals surface area contributed by atoms with E-state index in [0.717, 1.165) is 50.6 Å². The third-order valence-corrected chi connectivity index (χ3v) is 14.4. The second kappa shape index (κ2) is 32.6. The summed E-state index contributed by atoms with van der Waals surface area (Å²) in [5.41, 5.74) is 0. The molecule has 0 aliphatic heterocycles. The SMILES string of the molecule is C[Si](CCCCCCCCCCCCCCC/C=C/C(=O)O)(CCCCCCCCCCCCCCC/C=C/C(=O)O)CCC(F)(F)F. The number of carboxylic acids is 2. The molecule has 4 nitrogen and oxygen atoms in total. The van der Waals surface area contributed by atoms with Gasteiger partial charge >= 0.3 is 18.1 Å². The molecule has 0 spiro atoms. The van der Waals surface area contributed by atoms with Crippen LogP contribution in [0.4, 0.5) is 13.2 Å². The van der Waals surface area contributed by atoms with Crippen LogP contribution < -0.4 is 0 Å². The third kappa shape index (κ3) is 37.2. The molecule has 0 bridgehead atoms. The predicted octanol–water partition coefficient (Wildman–Crippen LogP) is 14.2. The topological polar surface area (TPSA) is 74.6 Å². The zero-order valence-electron chi connectivity index (χ0n) is 30.8. The van der Waals surface area contributed by atoms with Crippen LogP contribution in [0, 0.1) is 0 Å². The highest BCUT2D eigenvalue weighted by Crippen LogP contribution is 2.33. The smallest absolute Gasteiger partial charge is 0.388 e. The molecule has 0 saturated heterocycles. The van der Waals surface area contributed by atoms with Gasteiger partial charge in [0.2, 0.25) is 0 Å². The summed E-state index contributed by atoms with van der Waals surface area (Å²) in [7, 11) is -1.86. The number of alkyl halides is 3. The summed E-state index contributed by atoms with van der Waals surface area (Å²) in [6.07, 6.45) is 34.9. The van der Waals surface area contributed by atoms with E-state index in [2.05, 4.69) is 6.55 Å². The molecule has 0 rings (SSSR count). The molecule has 0 aromatic heterocycles. The summed E-state index contributed by atoms with van der Waals surface area (Å²) in [4.78, 5) is 20.9. The van der Waals surface area contributed by atoms with Crippen molar-refractivity contribution in [2.75, 3.05) is 0 Å². The van der Waals surface area contributed by atoms with Crippen molar-refractivity contribution in [1.82, 2.24) is 0 Å². The van der Waals surface area contributed by atoms with E-state index in [-0.39, 0.29) is 0 Å². The Morgan fingerprint density at radius 3 is 0.958 bits per heavy atom. The van der Waals surface area contributed by atoms with E-state index < -0.39 is 32.6 Å². The molecule has 0 atom stereocenters. The highest BCUT2D eigenvalue weighted by molar-refractivity contribution is 6.78. The van der Waals surface area contributed by atoms with Crippen LogP contribution in [0.5, 0.6) is 0 Å². The Hall–Kier alpha value is -1.57. The molecule has 0 aliphatic carbocycles. The van der Waals surface area contributed by atoms with E-state index in [0.29, 0.717) is 6.04 Å². The molecule has 48 heavy (non-hydrogen) atoms. The first-order valence-electron chi connectivity index (χ1n) is 19.9. The fourth-order valence-electron chi connectivity index (χ4n) is 6.70. The molecule has 0 unspecified atom stereocenters. The molecule has 0 fully saturated rings. The summed E-state index contributed by atoms with van der Waals surface area (Å²) >= 11 is 0. The molecule has 0 radical (unpaired) electrons. The van der Waals surface area contributed by atoms with E-state index >= 15 is 0 Å².